The summed E-state index contributed by atoms with van der Waals surface area (Å²) in [6.45, 7) is 8.59. The molecule has 2 heterocycles. The highest BCUT2D eigenvalue weighted by Crippen LogP contribution is 2.42. The average Bonchev–Trinajstić information content (AvgIpc) is 3.20. The standard InChI is InChI=1S/C29H28N2O3/c1-5-31-24-16-9-7-14-22(24)27-26(29(31)32)25(20-12-10-13-21(17-20)33-18(2)3)28(34-27)30-23-15-8-6-11-19(23)4/h6-18,30H,5H2,1-4H3. The van der Waals surface area contributed by atoms with Crippen LogP contribution in [0.2, 0.25) is 0 Å². The average molecular weight is 453 g/mol. The summed E-state index contributed by atoms with van der Waals surface area (Å²) in [6, 6.07) is 23.8. The molecule has 1 N–H and O–H groups in total. The summed E-state index contributed by atoms with van der Waals surface area (Å²) < 4.78 is 14.2. The molecule has 0 aliphatic carbocycles. The van der Waals surface area contributed by atoms with Crippen LogP contribution in [0.4, 0.5) is 11.6 Å². The Hall–Kier alpha value is -3.99. The van der Waals surface area contributed by atoms with E-state index in [9.17, 15) is 4.79 Å². The second kappa shape index (κ2) is 8.75. The molecular formula is C29H28N2O3. The molecule has 2 aromatic heterocycles. The zero-order chi connectivity index (χ0) is 23.8. The molecule has 0 aliphatic rings. The number of nitrogens with one attached hydrogen (secondary N) is 1. The van der Waals surface area contributed by atoms with Crippen LogP contribution < -0.4 is 15.6 Å². The van der Waals surface area contributed by atoms with Gasteiger partial charge in [0, 0.05) is 17.6 Å². The Bertz CT molecular complexity index is 1560. The Balaban J connectivity index is 1.85. The fraction of sp³-hybridized carbons (Fsp3) is 0.207. The molecule has 3 aromatic carbocycles. The van der Waals surface area contributed by atoms with E-state index in [1.54, 1.807) is 0 Å². The molecule has 172 valence electrons. The zero-order valence-corrected chi connectivity index (χ0v) is 19.9. The summed E-state index contributed by atoms with van der Waals surface area (Å²) >= 11 is 0. The van der Waals surface area contributed by atoms with Crippen LogP contribution in [0.15, 0.2) is 82.0 Å². The second-order valence-corrected chi connectivity index (χ2v) is 8.71. The van der Waals surface area contributed by atoms with E-state index in [4.69, 9.17) is 9.15 Å². The lowest BCUT2D eigenvalue weighted by molar-refractivity contribution is 0.242. The summed E-state index contributed by atoms with van der Waals surface area (Å²) in [4.78, 5) is 13.8. The predicted octanol–water partition coefficient (Wildman–Crippen LogP) is 7.27. The van der Waals surface area contributed by atoms with Gasteiger partial charge in [0.2, 0.25) is 5.88 Å². The molecule has 0 aliphatic heterocycles. The minimum absolute atomic E-state index is 0.0437. The minimum Gasteiger partial charge on any atom is -0.491 e. The molecule has 0 unspecified atom stereocenters. The largest absolute Gasteiger partial charge is 0.491 e. The molecule has 34 heavy (non-hydrogen) atoms. The van der Waals surface area contributed by atoms with Crippen LogP contribution in [0.3, 0.4) is 0 Å². The van der Waals surface area contributed by atoms with Gasteiger partial charge in [0.1, 0.15) is 5.75 Å². The van der Waals surface area contributed by atoms with E-state index in [-0.39, 0.29) is 11.7 Å². The van der Waals surface area contributed by atoms with Crippen LogP contribution in [0.5, 0.6) is 5.75 Å². The maximum absolute atomic E-state index is 13.8. The Morgan fingerprint density at radius 2 is 1.76 bits per heavy atom. The summed E-state index contributed by atoms with van der Waals surface area (Å²) in [5.74, 6) is 1.29. The molecule has 5 aromatic rings. The highest BCUT2D eigenvalue weighted by atomic mass is 16.5. The molecule has 0 spiro atoms. The number of rotatable bonds is 6. The van der Waals surface area contributed by atoms with Gasteiger partial charge in [-0.1, -0.05) is 42.5 Å². The van der Waals surface area contributed by atoms with Crippen molar-refractivity contribution in [2.24, 2.45) is 0 Å². The van der Waals surface area contributed by atoms with E-state index in [1.165, 1.54) is 0 Å². The monoisotopic (exact) mass is 452 g/mol. The summed E-state index contributed by atoms with van der Waals surface area (Å²) in [5, 5.41) is 4.94. The molecular weight excluding hydrogens is 424 g/mol. The first kappa shape index (κ1) is 21.8. The molecule has 0 bridgehead atoms. The molecule has 0 saturated carbocycles. The fourth-order valence-corrected chi connectivity index (χ4v) is 4.48. The molecule has 5 nitrogen and oxygen atoms in total. The lowest BCUT2D eigenvalue weighted by atomic mass is 10.0. The SMILES string of the molecule is CCn1c(=O)c2c(-c3cccc(OC(C)C)c3)c(Nc3ccccc3C)oc2c2ccccc21. The van der Waals surface area contributed by atoms with Gasteiger partial charge in [-0.2, -0.15) is 0 Å². The third-order valence-corrected chi connectivity index (χ3v) is 6.01. The first-order valence-electron chi connectivity index (χ1n) is 11.7. The van der Waals surface area contributed by atoms with Crippen LogP contribution in [0.25, 0.3) is 33.0 Å². The van der Waals surface area contributed by atoms with Crippen LogP contribution in [0.1, 0.15) is 26.3 Å². The normalized spacial score (nSPS) is 11.4. The smallest absolute Gasteiger partial charge is 0.262 e. The number of hydrogen-bond acceptors (Lipinski definition) is 4. The van der Waals surface area contributed by atoms with Crippen LogP contribution >= 0.6 is 0 Å². The van der Waals surface area contributed by atoms with Crippen molar-refractivity contribution in [2.45, 2.75) is 40.3 Å². The number of fused-ring (bicyclic) bond motifs is 3. The van der Waals surface area contributed by atoms with Crippen molar-refractivity contribution < 1.29 is 9.15 Å². The number of anilines is 2. The first-order chi connectivity index (χ1) is 16.5. The minimum atomic E-state index is -0.0667. The first-order valence-corrected chi connectivity index (χ1v) is 11.7. The van der Waals surface area contributed by atoms with Gasteiger partial charge in [-0.25, -0.2) is 0 Å². The molecule has 5 heteroatoms. The quantitative estimate of drug-likeness (QED) is 0.294. The lowest BCUT2D eigenvalue weighted by Gasteiger charge is -2.12. The van der Waals surface area contributed by atoms with Gasteiger partial charge in [0.05, 0.1) is 22.6 Å². The molecule has 0 radical (unpaired) electrons. The van der Waals surface area contributed by atoms with Crippen molar-refractivity contribution in [1.29, 1.82) is 0 Å². The van der Waals surface area contributed by atoms with E-state index in [0.29, 0.717) is 23.4 Å². The number of hydrogen-bond donors (Lipinski definition) is 1. The van der Waals surface area contributed by atoms with E-state index in [1.807, 2.05) is 105 Å². The molecule has 5 rings (SSSR count). The van der Waals surface area contributed by atoms with Crippen LogP contribution in [0, 0.1) is 6.92 Å². The fourth-order valence-electron chi connectivity index (χ4n) is 4.48. The van der Waals surface area contributed by atoms with Gasteiger partial charge in [0.25, 0.3) is 5.56 Å². The number of nitrogens with zero attached hydrogens (tertiary/aromatic N) is 1. The number of ether oxygens (including phenoxy) is 1. The van der Waals surface area contributed by atoms with E-state index in [2.05, 4.69) is 5.32 Å². The zero-order valence-electron chi connectivity index (χ0n) is 19.9. The van der Waals surface area contributed by atoms with Crippen molar-refractivity contribution >= 4 is 33.4 Å². The van der Waals surface area contributed by atoms with Crippen LogP contribution in [-0.4, -0.2) is 10.7 Å². The molecule has 0 fully saturated rings. The van der Waals surface area contributed by atoms with E-state index < -0.39 is 0 Å². The van der Waals surface area contributed by atoms with Crippen molar-refractivity contribution in [3.8, 4) is 16.9 Å². The van der Waals surface area contributed by atoms with Gasteiger partial charge >= 0.3 is 0 Å². The topological polar surface area (TPSA) is 56.4 Å². The van der Waals surface area contributed by atoms with Crippen molar-refractivity contribution in [1.82, 2.24) is 4.57 Å². The van der Waals surface area contributed by atoms with Gasteiger partial charge in [-0.05, 0) is 69.2 Å². The maximum atomic E-state index is 13.8. The van der Waals surface area contributed by atoms with Gasteiger partial charge in [0.15, 0.2) is 5.58 Å². The Morgan fingerprint density at radius 3 is 2.53 bits per heavy atom. The second-order valence-electron chi connectivity index (χ2n) is 8.71. The number of para-hydroxylation sites is 2. The number of aromatic nitrogens is 1. The molecule has 0 amide bonds. The highest BCUT2D eigenvalue weighted by molar-refractivity contribution is 6.11. The lowest BCUT2D eigenvalue weighted by Crippen LogP contribution is -2.19. The maximum Gasteiger partial charge on any atom is 0.262 e. The van der Waals surface area contributed by atoms with Gasteiger partial charge < -0.3 is 19.0 Å². The molecule has 0 saturated heterocycles. The van der Waals surface area contributed by atoms with Crippen molar-refractivity contribution in [2.75, 3.05) is 5.32 Å². The Labute approximate surface area is 198 Å². The predicted molar refractivity (Wildman–Crippen MR) is 139 cm³/mol. The number of pyridine rings is 1. The highest BCUT2D eigenvalue weighted by Gasteiger charge is 2.24. The van der Waals surface area contributed by atoms with Gasteiger partial charge in [-0.15, -0.1) is 0 Å². The van der Waals surface area contributed by atoms with Crippen LogP contribution in [-0.2, 0) is 6.54 Å². The van der Waals surface area contributed by atoms with Crippen molar-refractivity contribution in [3.05, 3.63) is 88.7 Å². The Kier molecular flexibility index (Phi) is 5.62. The number of furan rings is 1. The van der Waals surface area contributed by atoms with E-state index >= 15 is 0 Å². The Morgan fingerprint density at radius 1 is 1.00 bits per heavy atom. The third-order valence-electron chi connectivity index (χ3n) is 6.01. The third kappa shape index (κ3) is 3.73. The summed E-state index contributed by atoms with van der Waals surface area (Å²) in [5.41, 5.74) is 5.00. The molecule has 0 atom stereocenters. The van der Waals surface area contributed by atoms with Gasteiger partial charge in [-0.3, -0.25) is 4.79 Å². The summed E-state index contributed by atoms with van der Waals surface area (Å²) in [7, 11) is 0. The van der Waals surface area contributed by atoms with E-state index in [0.717, 1.165) is 39.0 Å². The number of benzene rings is 3. The number of aryl methyl sites for hydroxylation is 2. The van der Waals surface area contributed by atoms with Crippen molar-refractivity contribution in [3.63, 3.8) is 0 Å². The summed E-state index contributed by atoms with van der Waals surface area (Å²) in [6.07, 6.45) is 0.0437.